The van der Waals surface area contributed by atoms with Gasteiger partial charge in [0.1, 0.15) is 0 Å². The van der Waals surface area contributed by atoms with E-state index in [0.29, 0.717) is 6.04 Å². The van der Waals surface area contributed by atoms with E-state index in [-0.39, 0.29) is 0 Å². The summed E-state index contributed by atoms with van der Waals surface area (Å²) < 4.78 is 0. The fraction of sp³-hybridized carbons (Fsp3) is 0.786. The summed E-state index contributed by atoms with van der Waals surface area (Å²) in [7, 11) is 0. The third-order valence-corrected chi connectivity index (χ3v) is 4.43. The van der Waals surface area contributed by atoms with Gasteiger partial charge in [0.15, 0.2) is 0 Å². The van der Waals surface area contributed by atoms with Gasteiger partial charge in [-0.2, -0.15) is 0 Å². The number of nitrogens with zero attached hydrogens (tertiary/aromatic N) is 2. The number of likely N-dealkylation sites (N-methyl/N-ethyl adjacent to an activating group) is 1. The minimum atomic E-state index is 0.589. The molecule has 18 heavy (non-hydrogen) atoms. The molecule has 1 unspecified atom stereocenters. The molecular weight excluding hydrogens is 242 g/mol. The zero-order valence-electron chi connectivity index (χ0n) is 12.2. The number of thiazole rings is 1. The summed E-state index contributed by atoms with van der Waals surface area (Å²) in [4.78, 5) is 8.31. The average molecular weight is 269 g/mol. The summed E-state index contributed by atoms with van der Waals surface area (Å²) >= 11 is 1.85. The molecule has 0 radical (unpaired) electrons. The first-order chi connectivity index (χ1) is 8.69. The molecule has 0 spiro atoms. The van der Waals surface area contributed by atoms with Crippen LogP contribution in [0.15, 0.2) is 6.20 Å². The zero-order chi connectivity index (χ0) is 13.4. The van der Waals surface area contributed by atoms with Gasteiger partial charge in [0, 0.05) is 36.6 Å². The van der Waals surface area contributed by atoms with E-state index in [1.165, 1.54) is 16.3 Å². The van der Waals surface area contributed by atoms with Gasteiger partial charge in [-0.25, -0.2) is 4.98 Å². The van der Waals surface area contributed by atoms with E-state index in [1.54, 1.807) is 0 Å². The van der Waals surface area contributed by atoms with Gasteiger partial charge in [0.25, 0.3) is 0 Å². The minimum absolute atomic E-state index is 0.589. The van der Waals surface area contributed by atoms with Crippen LogP contribution in [-0.4, -0.2) is 35.6 Å². The smallest absolute Gasteiger partial charge is 0.0940 e. The molecule has 104 valence electrons. The molecule has 1 atom stereocenters. The van der Waals surface area contributed by atoms with Crippen LogP contribution in [0.2, 0.25) is 0 Å². The highest BCUT2D eigenvalue weighted by molar-refractivity contribution is 7.11. The van der Waals surface area contributed by atoms with Gasteiger partial charge in [-0.15, -0.1) is 11.3 Å². The summed E-state index contributed by atoms with van der Waals surface area (Å²) in [6.07, 6.45) is 4.28. The number of hydrogen-bond donors (Lipinski definition) is 1. The van der Waals surface area contributed by atoms with Gasteiger partial charge in [-0.1, -0.05) is 20.8 Å². The van der Waals surface area contributed by atoms with Gasteiger partial charge in [0.2, 0.25) is 0 Å². The van der Waals surface area contributed by atoms with Gasteiger partial charge < -0.3 is 10.2 Å². The second-order valence-electron chi connectivity index (χ2n) is 4.69. The summed E-state index contributed by atoms with van der Waals surface area (Å²) in [6, 6.07) is 0.589. The normalized spacial score (nSPS) is 13.2. The highest BCUT2D eigenvalue weighted by Crippen LogP contribution is 2.14. The zero-order valence-corrected chi connectivity index (χ0v) is 13.0. The number of rotatable bonds is 9. The van der Waals surface area contributed by atoms with E-state index in [1.807, 2.05) is 17.5 Å². The van der Waals surface area contributed by atoms with Crippen molar-refractivity contribution in [3.63, 3.8) is 0 Å². The SMILES string of the molecule is CCC(C)NCc1cnc(CCN(CC)CC)s1. The van der Waals surface area contributed by atoms with Crippen molar-refractivity contribution in [1.82, 2.24) is 15.2 Å². The molecule has 1 N–H and O–H groups in total. The molecule has 4 heteroatoms. The Morgan fingerprint density at radius 1 is 1.33 bits per heavy atom. The van der Waals surface area contributed by atoms with Gasteiger partial charge in [0.05, 0.1) is 5.01 Å². The number of hydrogen-bond acceptors (Lipinski definition) is 4. The Morgan fingerprint density at radius 3 is 2.67 bits per heavy atom. The summed E-state index contributed by atoms with van der Waals surface area (Å²) in [6.45, 7) is 13.2. The van der Waals surface area contributed by atoms with Crippen LogP contribution in [-0.2, 0) is 13.0 Å². The van der Waals surface area contributed by atoms with E-state index < -0.39 is 0 Å². The molecule has 1 heterocycles. The molecule has 0 fully saturated rings. The van der Waals surface area contributed by atoms with Crippen molar-refractivity contribution in [3.8, 4) is 0 Å². The van der Waals surface area contributed by atoms with E-state index in [9.17, 15) is 0 Å². The fourth-order valence-electron chi connectivity index (χ4n) is 1.76. The van der Waals surface area contributed by atoms with Crippen molar-refractivity contribution < 1.29 is 0 Å². The van der Waals surface area contributed by atoms with E-state index in [4.69, 9.17) is 0 Å². The van der Waals surface area contributed by atoms with E-state index in [2.05, 4.69) is 42.9 Å². The first-order valence-corrected chi connectivity index (χ1v) is 7.90. The van der Waals surface area contributed by atoms with Gasteiger partial charge in [-0.05, 0) is 26.4 Å². The largest absolute Gasteiger partial charge is 0.309 e. The third-order valence-electron chi connectivity index (χ3n) is 3.37. The topological polar surface area (TPSA) is 28.2 Å². The highest BCUT2D eigenvalue weighted by atomic mass is 32.1. The molecule has 1 rings (SSSR count). The Labute approximate surface area is 116 Å². The number of nitrogens with one attached hydrogen (secondary N) is 1. The first-order valence-electron chi connectivity index (χ1n) is 7.08. The summed E-state index contributed by atoms with van der Waals surface area (Å²) in [5.41, 5.74) is 0. The molecule has 0 aliphatic rings. The first kappa shape index (κ1) is 15.6. The molecular formula is C14H27N3S. The number of aromatic nitrogens is 1. The van der Waals surface area contributed by atoms with Crippen LogP contribution < -0.4 is 5.32 Å². The lowest BCUT2D eigenvalue weighted by atomic mass is 10.2. The van der Waals surface area contributed by atoms with Crippen molar-refractivity contribution >= 4 is 11.3 Å². The Morgan fingerprint density at radius 2 is 2.06 bits per heavy atom. The van der Waals surface area contributed by atoms with E-state index >= 15 is 0 Å². The fourth-order valence-corrected chi connectivity index (χ4v) is 2.62. The Kier molecular flexibility index (Phi) is 7.47. The van der Waals surface area contributed by atoms with Crippen LogP contribution in [0.4, 0.5) is 0 Å². The Balaban J connectivity index is 2.34. The second kappa shape index (κ2) is 8.62. The quantitative estimate of drug-likeness (QED) is 0.747. The molecule has 0 aliphatic carbocycles. The van der Waals surface area contributed by atoms with Crippen molar-refractivity contribution in [3.05, 3.63) is 16.1 Å². The average Bonchev–Trinajstić information content (AvgIpc) is 2.85. The minimum Gasteiger partial charge on any atom is -0.309 e. The molecule has 1 aromatic heterocycles. The lowest BCUT2D eigenvalue weighted by molar-refractivity contribution is 0.308. The van der Waals surface area contributed by atoms with Crippen LogP contribution >= 0.6 is 11.3 Å². The van der Waals surface area contributed by atoms with Gasteiger partial charge in [-0.3, -0.25) is 0 Å². The van der Waals surface area contributed by atoms with Crippen molar-refractivity contribution in [1.29, 1.82) is 0 Å². The van der Waals surface area contributed by atoms with Crippen LogP contribution in [0.5, 0.6) is 0 Å². The second-order valence-corrected chi connectivity index (χ2v) is 5.89. The summed E-state index contributed by atoms with van der Waals surface area (Å²) in [5, 5.41) is 4.78. The molecule has 1 aromatic rings. The predicted octanol–water partition coefficient (Wildman–Crippen LogP) is 2.92. The van der Waals surface area contributed by atoms with Crippen molar-refractivity contribution in [2.75, 3.05) is 19.6 Å². The van der Waals surface area contributed by atoms with Crippen molar-refractivity contribution in [2.24, 2.45) is 0 Å². The molecule has 0 saturated carbocycles. The molecule has 3 nitrogen and oxygen atoms in total. The van der Waals surface area contributed by atoms with Crippen LogP contribution in [0.1, 0.15) is 44.0 Å². The summed E-state index contributed by atoms with van der Waals surface area (Å²) in [5.74, 6) is 0. The maximum Gasteiger partial charge on any atom is 0.0940 e. The molecule has 0 amide bonds. The maximum absolute atomic E-state index is 4.51. The standard InChI is InChI=1S/C14H27N3S/c1-5-12(4)15-10-13-11-16-14(18-13)8-9-17(6-2)7-3/h11-12,15H,5-10H2,1-4H3. The van der Waals surface area contributed by atoms with Crippen LogP contribution in [0.3, 0.4) is 0 Å². The Bertz CT molecular complexity index is 321. The Hall–Kier alpha value is -0.450. The maximum atomic E-state index is 4.51. The lowest BCUT2D eigenvalue weighted by Gasteiger charge is -2.16. The van der Waals surface area contributed by atoms with Crippen molar-refractivity contribution in [2.45, 2.75) is 53.1 Å². The van der Waals surface area contributed by atoms with E-state index in [0.717, 1.165) is 32.6 Å². The van der Waals surface area contributed by atoms with Crippen LogP contribution in [0, 0.1) is 0 Å². The monoisotopic (exact) mass is 269 g/mol. The van der Waals surface area contributed by atoms with Crippen LogP contribution in [0.25, 0.3) is 0 Å². The molecule has 0 aromatic carbocycles. The molecule has 0 saturated heterocycles. The van der Waals surface area contributed by atoms with Gasteiger partial charge >= 0.3 is 0 Å². The molecule has 0 bridgehead atoms. The predicted molar refractivity (Wildman–Crippen MR) is 80.2 cm³/mol. The third kappa shape index (κ3) is 5.46. The molecule has 0 aliphatic heterocycles. The highest BCUT2D eigenvalue weighted by Gasteiger charge is 2.05. The lowest BCUT2D eigenvalue weighted by Crippen LogP contribution is -2.25.